The third-order valence-electron chi connectivity index (χ3n) is 7.79. The summed E-state index contributed by atoms with van der Waals surface area (Å²) in [7, 11) is -0.750. The summed E-state index contributed by atoms with van der Waals surface area (Å²) < 4.78 is 47.0. The minimum absolute atomic E-state index is 0.00830. The van der Waals surface area contributed by atoms with E-state index < -0.39 is 20.5 Å². The zero-order valence-electron chi connectivity index (χ0n) is 22.8. The highest BCUT2D eigenvalue weighted by Gasteiger charge is 2.52. The number of hydroxylamine groups is 1. The van der Waals surface area contributed by atoms with Crippen LogP contribution in [0, 0.1) is 0 Å². The van der Waals surface area contributed by atoms with Crippen molar-refractivity contribution in [1.29, 1.82) is 0 Å². The van der Waals surface area contributed by atoms with Crippen molar-refractivity contribution in [2.75, 3.05) is 40.6 Å². The van der Waals surface area contributed by atoms with Gasteiger partial charge in [-0.1, -0.05) is 0 Å². The summed E-state index contributed by atoms with van der Waals surface area (Å²) in [6, 6.07) is 10.7. The number of methoxy groups -OCH3 is 2. The largest absolute Gasteiger partial charge is 0.494 e. The van der Waals surface area contributed by atoms with E-state index in [1.165, 1.54) is 28.7 Å². The number of rotatable bonds is 11. The average molecular weight is 563 g/mol. The Balaban J connectivity index is 1.29. The van der Waals surface area contributed by atoms with Gasteiger partial charge in [0.15, 0.2) is 26.1 Å². The first-order valence-electron chi connectivity index (χ1n) is 13.2. The van der Waals surface area contributed by atoms with Crippen molar-refractivity contribution >= 4 is 15.7 Å². The Bertz CT molecular complexity index is 1240. The van der Waals surface area contributed by atoms with E-state index in [0.717, 1.165) is 43.9 Å². The van der Waals surface area contributed by atoms with E-state index in [1.807, 2.05) is 0 Å². The molecule has 2 aromatic rings. The van der Waals surface area contributed by atoms with Gasteiger partial charge in [0.1, 0.15) is 5.75 Å². The van der Waals surface area contributed by atoms with Crippen LogP contribution in [0.25, 0.3) is 0 Å². The highest BCUT2D eigenvalue weighted by molar-refractivity contribution is 7.93. The van der Waals surface area contributed by atoms with Gasteiger partial charge in [-0.05, 0) is 93.1 Å². The van der Waals surface area contributed by atoms with Gasteiger partial charge in [-0.25, -0.2) is 13.9 Å². The minimum Gasteiger partial charge on any atom is -0.494 e. The molecule has 1 amide bonds. The van der Waals surface area contributed by atoms with Crippen LogP contribution in [-0.2, 0) is 32.3 Å². The van der Waals surface area contributed by atoms with E-state index in [2.05, 4.69) is 24.0 Å². The highest BCUT2D eigenvalue weighted by Crippen LogP contribution is 2.36. The SMILES string of the molecule is COc1cc2c(cc1OC)CN(CCCCOc1ccc(S(=O)(=O)C3(C(=O)NO)CCOCC3)cc1)C(C)C2. The van der Waals surface area contributed by atoms with Crippen molar-refractivity contribution in [3.8, 4) is 17.2 Å². The van der Waals surface area contributed by atoms with Crippen LogP contribution in [0.15, 0.2) is 41.3 Å². The number of hydrogen-bond acceptors (Lipinski definition) is 9. The molecule has 0 saturated carbocycles. The Hall–Kier alpha value is -2.86. The van der Waals surface area contributed by atoms with Gasteiger partial charge >= 0.3 is 0 Å². The molecule has 11 heteroatoms. The molecule has 10 nitrogen and oxygen atoms in total. The van der Waals surface area contributed by atoms with Gasteiger partial charge in [-0.2, -0.15) is 0 Å². The predicted octanol–water partition coefficient (Wildman–Crippen LogP) is 3.14. The number of nitrogens with one attached hydrogen (secondary N) is 1. The van der Waals surface area contributed by atoms with Crippen LogP contribution >= 0.6 is 0 Å². The summed E-state index contributed by atoms with van der Waals surface area (Å²) in [5, 5.41) is 9.19. The summed E-state index contributed by atoms with van der Waals surface area (Å²) >= 11 is 0. The second kappa shape index (κ2) is 12.5. The third-order valence-corrected chi connectivity index (χ3v) is 10.3. The lowest BCUT2D eigenvalue weighted by atomic mass is 9.94. The number of carbonyl (C=O) groups is 1. The van der Waals surface area contributed by atoms with Gasteiger partial charge in [-0.15, -0.1) is 0 Å². The Morgan fingerprint density at radius 2 is 1.72 bits per heavy atom. The molecule has 2 aliphatic heterocycles. The number of amides is 1. The Morgan fingerprint density at radius 3 is 2.33 bits per heavy atom. The fourth-order valence-corrected chi connectivity index (χ4v) is 7.33. The van der Waals surface area contributed by atoms with Crippen LogP contribution in [0.1, 0.15) is 43.7 Å². The summed E-state index contributed by atoms with van der Waals surface area (Å²) in [6.07, 6.45) is 2.71. The fourth-order valence-electron chi connectivity index (χ4n) is 5.39. The summed E-state index contributed by atoms with van der Waals surface area (Å²) in [6.45, 7) is 4.79. The molecule has 0 aromatic heterocycles. The van der Waals surface area contributed by atoms with Crippen LogP contribution in [0.3, 0.4) is 0 Å². The van der Waals surface area contributed by atoms with Gasteiger partial charge in [0.25, 0.3) is 5.91 Å². The van der Waals surface area contributed by atoms with Crippen LogP contribution in [0.2, 0.25) is 0 Å². The molecule has 0 radical (unpaired) electrons. The lowest BCUT2D eigenvalue weighted by molar-refractivity contribution is -0.134. The van der Waals surface area contributed by atoms with Crippen molar-refractivity contribution in [3.63, 3.8) is 0 Å². The van der Waals surface area contributed by atoms with E-state index in [9.17, 15) is 18.4 Å². The molecule has 2 aliphatic rings. The molecule has 2 aromatic carbocycles. The molecule has 2 N–H and O–H groups in total. The van der Waals surface area contributed by atoms with Crippen LogP contribution in [-0.4, -0.2) is 75.8 Å². The third kappa shape index (κ3) is 6.01. The molecule has 1 atom stereocenters. The van der Waals surface area contributed by atoms with Crippen LogP contribution in [0.4, 0.5) is 0 Å². The van der Waals surface area contributed by atoms with Crippen molar-refractivity contribution in [2.24, 2.45) is 0 Å². The van der Waals surface area contributed by atoms with E-state index >= 15 is 0 Å². The second-order valence-corrected chi connectivity index (χ2v) is 12.3. The molecule has 1 fully saturated rings. The van der Waals surface area contributed by atoms with Crippen molar-refractivity contribution < 1.29 is 37.4 Å². The number of fused-ring (bicyclic) bond motifs is 1. The first kappa shape index (κ1) is 29.1. The molecule has 4 rings (SSSR count). The van der Waals surface area contributed by atoms with E-state index in [4.69, 9.17) is 18.9 Å². The van der Waals surface area contributed by atoms with Crippen molar-refractivity contribution in [2.45, 2.75) is 61.3 Å². The Kier molecular flexibility index (Phi) is 9.37. The average Bonchev–Trinajstić information content (AvgIpc) is 2.96. The van der Waals surface area contributed by atoms with E-state index in [1.54, 1.807) is 26.4 Å². The molecule has 1 unspecified atom stereocenters. The van der Waals surface area contributed by atoms with Crippen LogP contribution in [0.5, 0.6) is 17.2 Å². The molecular weight excluding hydrogens is 524 g/mol. The summed E-state index contributed by atoms with van der Waals surface area (Å²) in [4.78, 5) is 14.9. The maximum absolute atomic E-state index is 13.4. The zero-order valence-corrected chi connectivity index (χ0v) is 23.6. The van der Waals surface area contributed by atoms with Gasteiger partial charge in [-0.3, -0.25) is 14.9 Å². The number of benzene rings is 2. The van der Waals surface area contributed by atoms with Gasteiger partial charge in [0.05, 0.1) is 25.7 Å². The lowest BCUT2D eigenvalue weighted by Gasteiger charge is -2.35. The second-order valence-electron chi connectivity index (χ2n) is 10.1. The predicted molar refractivity (Wildman–Crippen MR) is 144 cm³/mol. The lowest BCUT2D eigenvalue weighted by Crippen LogP contribution is -2.54. The molecule has 0 bridgehead atoms. The van der Waals surface area contributed by atoms with E-state index in [0.29, 0.717) is 18.4 Å². The molecular formula is C28H38N2O8S. The summed E-state index contributed by atoms with van der Waals surface area (Å²) in [5.74, 6) is 1.13. The van der Waals surface area contributed by atoms with E-state index in [-0.39, 0.29) is 31.0 Å². The standard InChI is InChI=1S/C28H38N2O8S/c1-20-16-21-17-25(35-2)26(36-3)18-22(21)19-30(20)12-4-5-13-38-23-6-8-24(9-7-23)39(33,34)28(27(31)29-32)10-14-37-15-11-28/h6-9,17-18,20,32H,4-5,10-16,19H2,1-3H3,(H,29,31). The van der Waals surface area contributed by atoms with Crippen molar-refractivity contribution in [1.82, 2.24) is 10.4 Å². The number of unbranched alkanes of at least 4 members (excludes halogenated alkanes) is 1. The van der Waals surface area contributed by atoms with Gasteiger partial charge in [0.2, 0.25) is 0 Å². The smallest absolute Gasteiger partial charge is 0.265 e. The maximum Gasteiger partial charge on any atom is 0.265 e. The number of ether oxygens (including phenoxy) is 4. The fraction of sp³-hybridized carbons (Fsp3) is 0.536. The van der Waals surface area contributed by atoms with Gasteiger partial charge < -0.3 is 18.9 Å². The topological polar surface area (TPSA) is 124 Å². The highest BCUT2D eigenvalue weighted by atomic mass is 32.2. The Morgan fingerprint density at radius 1 is 1.08 bits per heavy atom. The zero-order chi connectivity index (χ0) is 28.0. The molecule has 214 valence electrons. The first-order valence-corrected chi connectivity index (χ1v) is 14.7. The number of hydrogen-bond donors (Lipinski definition) is 2. The number of sulfone groups is 1. The molecule has 2 heterocycles. The molecule has 0 spiro atoms. The quantitative estimate of drug-likeness (QED) is 0.242. The normalized spacial score (nSPS) is 19.1. The maximum atomic E-state index is 13.4. The monoisotopic (exact) mass is 562 g/mol. The number of nitrogens with zero attached hydrogens (tertiary/aromatic N) is 1. The van der Waals surface area contributed by atoms with Gasteiger partial charge in [0, 0.05) is 25.8 Å². The number of carbonyl (C=O) groups excluding carboxylic acids is 1. The van der Waals surface area contributed by atoms with Crippen LogP contribution < -0.4 is 19.7 Å². The molecule has 1 saturated heterocycles. The Labute approximate surface area is 230 Å². The summed E-state index contributed by atoms with van der Waals surface area (Å²) in [5.41, 5.74) is 4.09. The molecule has 39 heavy (non-hydrogen) atoms. The first-order chi connectivity index (χ1) is 18.8. The molecule has 0 aliphatic carbocycles. The van der Waals surface area contributed by atoms with Crippen molar-refractivity contribution in [3.05, 3.63) is 47.5 Å². The minimum atomic E-state index is -4.06.